The lowest BCUT2D eigenvalue weighted by atomic mass is 9.87. The molecule has 4 rings (SSSR count). The topological polar surface area (TPSA) is 85.8 Å². The molecule has 0 aliphatic rings. The Bertz CT molecular complexity index is 1380. The number of hydrogen-bond donors (Lipinski definition) is 1. The van der Waals surface area contributed by atoms with E-state index in [1.54, 1.807) is 19.1 Å². The number of benzene rings is 2. The number of nitrogens with one attached hydrogen (secondary N) is 1. The van der Waals surface area contributed by atoms with E-state index < -0.39 is 0 Å². The van der Waals surface area contributed by atoms with Gasteiger partial charge in [0.2, 0.25) is 0 Å². The van der Waals surface area contributed by atoms with E-state index >= 15 is 0 Å². The van der Waals surface area contributed by atoms with Gasteiger partial charge in [-0.05, 0) is 54.7 Å². The van der Waals surface area contributed by atoms with E-state index in [4.69, 9.17) is 9.26 Å². The molecule has 0 unspecified atom stereocenters. The van der Waals surface area contributed by atoms with Crippen molar-refractivity contribution in [3.63, 3.8) is 0 Å². The molecular formula is C26H27N3O4. The van der Waals surface area contributed by atoms with Crippen LogP contribution in [0.4, 0.5) is 5.69 Å². The molecule has 1 amide bonds. The van der Waals surface area contributed by atoms with Crippen LogP contribution >= 0.6 is 0 Å². The van der Waals surface area contributed by atoms with Gasteiger partial charge >= 0.3 is 0 Å². The summed E-state index contributed by atoms with van der Waals surface area (Å²) in [5.41, 5.74) is 3.84. The van der Waals surface area contributed by atoms with Crippen molar-refractivity contribution in [3.8, 4) is 5.75 Å². The standard InChI is InChI=1S/C26H27N3O4/c1-16-6-11-22(32-15-20-14-24(30)29-23(27-20)13-17(2)33-29)21(12-16)28-25(31)18-7-9-19(10-8-18)26(3,4)5/h6-14H,15H2,1-5H3,(H,28,31). The van der Waals surface area contributed by atoms with Gasteiger partial charge in [0.25, 0.3) is 11.5 Å². The summed E-state index contributed by atoms with van der Waals surface area (Å²) in [7, 11) is 0. The quantitative estimate of drug-likeness (QED) is 0.465. The first-order chi connectivity index (χ1) is 15.6. The molecule has 7 heteroatoms. The van der Waals surface area contributed by atoms with Crippen LogP contribution in [0.3, 0.4) is 0 Å². The molecule has 33 heavy (non-hydrogen) atoms. The highest BCUT2D eigenvalue weighted by molar-refractivity contribution is 6.05. The summed E-state index contributed by atoms with van der Waals surface area (Å²) in [5.74, 6) is 0.861. The number of fused-ring (bicyclic) bond motifs is 1. The molecule has 0 saturated carbocycles. The Morgan fingerprint density at radius 1 is 1.06 bits per heavy atom. The zero-order chi connectivity index (χ0) is 23.8. The Morgan fingerprint density at radius 3 is 2.48 bits per heavy atom. The minimum atomic E-state index is -0.317. The zero-order valence-corrected chi connectivity index (χ0v) is 19.4. The SMILES string of the molecule is Cc1ccc(OCc2cc(=O)n3oc(C)cc3n2)c(NC(=O)c2ccc(C(C)(C)C)cc2)c1. The predicted molar refractivity (Wildman–Crippen MR) is 127 cm³/mol. The summed E-state index contributed by atoms with van der Waals surface area (Å²) < 4.78 is 12.4. The summed E-state index contributed by atoms with van der Waals surface area (Å²) in [6.07, 6.45) is 0. The van der Waals surface area contributed by atoms with E-state index in [1.807, 2.05) is 43.3 Å². The molecule has 1 N–H and O–H groups in total. The van der Waals surface area contributed by atoms with Crippen LogP contribution in [0.25, 0.3) is 5.65 Å². The van der Waals surface area contributed by atoms with Crippen LogP contribution < -0.4 is 15.6 Å². The van der Waals surface area contributed by atoms with Gasteiger partial charge in [0.15, 0.2) is 5.65 Å². The predicted octanol–water partition coefficient (Wildman–Crippen LogP) is 5.03. The van der Waals surface area contributed by atoms with E-state index in [2.05, 4.69) is 31.1 Å². The third-order valence-electron chi connectivity index (χ3n) is 5.30. The van der Waals surface area contributed by atoms with Gasteiger partial charge in [-0.2, -0.15) is 0 Å². The fraction of sp³-hybridized carbons (Fsp3) is 0.269. The fourth-order valence-corrected chi connectivity index (χ4v) is 3.48. The van der Waals surface area contributed by atoms with Crippen molar-refractivity contribution in [1.82, 2.24) is 9.56 Å². The van der Waals surface area contributed by atoms with E-state index in [-0.39, 0.29) is 23.5 Å². The lowest BCUT2D eigenvalue weighted by Crippen LogP contribution is -2.16. The monoisotopic (exact) mass is 445 g/mol. The molecule has 7 nitrogen and oxygen atoms in total. The van der Waals surface area contributed by atoms with Crippen LogP contribution in [-0.4, -0.2) is 15.5 Å². The largest absolute Gasteiger partial charge is 0.485 e. The van der Waals surface area contributed by atoms with Crippen molar-refractivity contribution >= 4 is 17.2 Å². The molecule has 4 aromatic rings. The first-order valence-electron chi connectivity index (χ1n) is 10.7. The fourth-order valence-electron chi connectivity index (χ4n) is 3.48. The van der Waals surface area contributed by atoms with Gasteiger partial charge < -0.3 is 14.6 Å². The van der Waals surface area contributed by atoms with Crippen LogP contribution in [0.5, 0.6) is 5.75 Å². The second-order valence-electron chi connectivity index (χ2n) is 9.15. The number of hydrogen-bond acceptors (Lipinski definition) is 5. The maximum Gasteiger partial charge on any atom is 0.287 e. The lowest BCUT2D eigenvalue weighted by Gasteiger charge is -2.19. The highest BCUT2D eigenvalue weighted by atomic mass is 16.5. The zero-order valence-electron chi connectivity index (χ0n) is 19.4. The second-order valence-corrected chi connectivity index (χ2v) is 9.15. The van der Waals surface area contributed by atoms with Crippen molar-refractivity contribution in [2.45, 2.75) is 46.6 Å². The summed E-state index contributed by atoms with van der Waals surface area (Å²) in [4.78, 5) is 29.5. The van der Waals surface area contributed by atoms with Crippen LogP contribution in [0.1, 0.15) is 53.7 Å². The van der Waals surface area contributed by atoms with Gasteiger partial charge in [-0.25, -0.2) is 4.98 Å². The van der Waals surface area contributed by atoms with Gasteiger partial charge in [-0.15, -0.1) is 4.57 Å². The number of aryl methyl sites for hydroxylation is 2. The number of ether oxygens (including phenoxy) is 1. The van der Waals surface area contributed by atoms with E-state index in [0.29, 0.717) is 34.1 Å². The number of carbonyl (C=O) groups excluding carboxylic acids is 1. The van der Waals surface area contributed by atoms with Crippen molar-refractivity contribution < 1.29 is 14.1 Å². The summed E-state index contributed by atoms with van der Waals surface area (Å²) in [5, 5.41) is 2.94. The first kappa shape index (κ1) is 22.3. The average Bonchev–Trinajstić information content (AvgIpc) is 3.13. The van der Waals surface area contributed by atoms with Crippen LogP contribution in [-0.2, 0) is 12.0 Å². The van der Waals surface area contributed by atoms with E-state index in [1.165, 1.54) is 6.07 Å². The Hall–Kier alpha value is -3.87. The molecule has 0 aliphatic carbocycles. The number of carbonyl (C=O) groups is 1. The normalized spacial score (nSPS) is 11.5. The number of amides is 1. The molecule has 0 radical (unpaired) electrons. The highest BCUT2D eigenvalue weighted by Gasteiger charge is 2.16. The third kappa shape index (κ3) is 4.98. The first-order valence-corrected chi connectivity index (χ1v) is 10.7. The number of rotatable bonds is 5. The molecule has 0 bridgehead atoms. The maximum absolute atomic E-state index is 12.9. The highest BCUT2D eigenvalue weighted by Crippen LogP contribution is 2.28. The minimum absolute atomic E-state index is 0.0151. The summed E-state index contributed by atoms with van der Waals surface area (Å²) in [6, 6.07) is 16.2. The van der Waals surface area contributed by atoms with Crippen molar-refractivity contribution in [3.05, 3.63) is 93.1 Å². The van der Waals surface area contributed by atoms with Crippen molar-refractivity contribution in [2.24, 2.45) is 0 Å². The molecule has 0 aliphatic heterocycles. The van der Waals surface area contributed by atoms with Gasteiger partial charge in [0, 0.05) is 17.7 Å². The molecule has 2 aromatic carbocycles. The summed E-state index contributed by atoms with van der Waals surface area (Å²) >= 11 is 0. The lowest BCUT2D eigenvalue weighted by molar-refractivity contribution is 0.102. The molecule has 0 spiro atoms. The van der Waals surface area contributed by atoms with Crippen LogP contribution in [0.2, 0.25) is 0 Å². The third-order valence-corrected chi connectivity index (χ3v) is 5.30. The van der Waals surface area contributed by atoms with Crippen LogP contribution in [0.15, 0.2) is 63.9 Å². The molecule has 0 saturated heterocycles. The number of aromatic nitrogens is 2. The van der Waals surface area contributed by atoms with E-state index in [0.717, 1.165) is 15.7 Å². The minimum Gasteiger partial charge on any atom is -0.485 e. The smallest absolute Gasteiger partial charge is 0.287 e. The number of nitrogens with zero attached hydrogens (tertiary/aromatic N) is 2. The Balaban J connectivity index is 1.53. The average molecular weight is 446 g/mol. The molecule has 2 heterocycles. The Labute approximate surface area is 192 Å². The van der Waals surface area contributed by atoms with Gasteiger partial charge in [0.1, 0.15) is 18.1 Å². The molecule has 2 aromatic heterocycles. The molecule has 0 atom stereocenters. The number of anilines is 1. The van der Waals surface area contributed by atoms with Gasteiger partial charge in [0.05, 0.1) is 11.4 Å². The Morgan fingerprint density at radius 2 is 1.79 bits per heavy atom. The van der Waals surface area contributed by atoms with E-state index in [9.17, 15) is 9.59 Å². The summed E-state index contributed by atoms with van der Waals surface area (Å²) in [6.45, 7) is 10.2. The molecular weight excluding hydrogens is 418 g/mol. The van der Waals surface area contributed by atoms with Gasteiger partial charge in [-0.3, -0.25) is 9.59 Å². The second kappa shape index (κ2) is 8.58. The van der Waals surface area contributed by atoms with Crippen LogP contribution in [0, 0.1) is 13.8 Å². The maximum atomic E-state index is 12.9. The molecule has 0 fully saturated rings. The van der Waals surface area contributed by atoms with Crippen molar-refractivity contribution in [1.29, 1.82) is 0 Å². The van der Waals surface area contributed by atoms with Crippen molar-refractivity contribution in [2.75, 3.05) is 5.32 Å². The Kier molecular flexibility index (Phi) is 5.80. The molecule has 170 valence electrons. The van der Waals surface area contributed by atoms with Gasteiger partial charge in [-0.1, -0.05) is 39.0 Å².